The van der Waals surface area contributed by atoms with E-state index in [1.807, 2.05) is 16.8 Å². The van der Waals surface area contributed by atoms with Crippen LogP contribution in [-0.2, 0) is 6.42 Å². The predicted molar refractivity (Wildman–Crippen MR) is 74.4 cm³/mol. The molecule has 0 aliphatic rings. The number of nitrogens with zero attached hydrogens (tertiary/aromatic N) is 2. The summed E-state index contributed by atoms with van der Waals surface area (Å²) in [7, 11) is 0. The van der Waals surface area contributed by atoms with Crippen LogP contribution in [0.25, 0.3) is 0 Å². The van der Waals surface area contributed by atoms with Crippen molar-refractivity contribution in [2.24, 2.45) is 0 Å². The molecular formula is C12H11N3O4S. The van der Waals surface area contributed by atoms with Gasteiger partial charge < -0.3 is 10.4 Å². The second-order valence-corrected chi connectivity index (χ2v) is 4.74. The summed E-state index contributed by atoms with van der Waals surface area (Å²) in [6, 6.07) is 3.17. The van der Waals surface area contributed by atoms with Gasteiger partial charge in [-0.05, 0) is 28.8 Å². The zero-order valence-electron chi connectivity index (χ0n) is 10.3. The Bertz CT molecular complexity index is 628. The molecule has 2 heterocycles. The number of pyridine rings is 1. The quantitative estimate of drug-likeness (QED) is 0.626. The third-order valence-electron chi connectivity index (χ3n) is 2.61. The average molecular weight is 293 g/mol. The molecule has 0 bridgehead atoms. The molecule has 0 saturated heterocycles. The summed E-state index contributed by atoms with van der Waals surface area (Å²) in [6.07, 6.45) is 1.72. The predicted octanol–water partition coefficient (Wildman–Crippen LogP) is 2.40. The van der Waals surface area contributed by atoms with Crippen molar-refractivity contribution in [3.05, 3.63) is 50.3 Å². The van der Waals surface area contributed by atoms with Gasteiger partial charge in [-0.2, -0.15) is 11.3 Å². The van der Waals surface area contributed by atoms with Crippen molar-refractivity contribution < 1.29 is 14.8 Å². The van der Waals surface area contributed by atoms with Gasteiger partial charge in [0.2, 0.25) is 0 Å². The van der Waals surface area contributed by atoms with Crippen molar-refractivity contribution in [2.75, 3.05) is 11.9 Å². The minimum Gasteiger partial charge on any atom is -0.477 e. The third-order valence-corrected chi connectivity index (χ3v) is 3.34. The van der Waals surface area contributed by atoms with Gasteiger partial charge in [-0.1, -0.05) is 0 Å². The third kappa shape index (κ3) is 3.29. The fraction of sp³-hybridized carbons (Fsp3) is 0.167. The van der Waals surface area contributed by atoms with Crippen molar-refractivity contribution >= 4 is 28.8 Å². The van der Waals surface area contributed by atoms with Gasteiger partial charge in [0, 0.05) is 12.6 Å². The van der Waals surface area contributed by atoms with Gasteiger partial charge in [0.1, 0.15) is 17.6 Å². The second kappa shape index (κ2) is 6.11. The normalized spacial score (nSPS) is 10.2. The largest absolute Gasteiger partial charge is 0.477 e. The molecule has 7 nitrogen and oxygen atoms in total. The average Bonchev–Trinajstić information content (AvgIpc) is 2.91. The van der Waals surface area contributed by atoms with Crippen molar-refractivity contribution in [1.82, 2.24) is 4.98 Å². The molecule has 0 radical (unpaired) electrons. The molecule has 0 unspecified atom stereocenters. The molecule has 0 aliphatic carbocycles. The highest BCUT2D eigenvalue weighted by Gasteiger charge is 2.20. The Hall–Kier alpha value is -2.48. The second-order valence-electron chi connectivity index (χ2n) is 3.96. The van der Waals surface area contributed by atoms with Gasteiger partial charge >= 0.3 is 11.7 Å². The van der Waals surface area contributed by atoms with Crippen LogP contribution in [0.5, 0.6) is 0 Å². The van der Waals surface area contributed by atoms with E-state index in [9.17, 15) is 14.9 Å². The Labute approximate surface area is 118 Å². The standard InChI is InChI=1S/C12H11N3O4S/c16-12(17)9-5-11(14-6-10(9)15(18)19)13-3-1-8-2-4-20-7-8/h2,4-7H,1,3H2,(H,13,14)(H,16,17). The summed E-state index contributed by atoms with van der Waals surface area (Å²) in [6.45, 7) is 0.570. The SMILES string of the molecule is O=C(O)c1cc(NCCc2ccsc2)ncc1[N+](=O)[O-]. The molecule has 0 atom stereocenters. The van der Waals surface area contributed by atoms with Crippen LogP contribution in [0.3, 0.4) is 0 Å². The van der Waals surface area contributed by atoms with Gasteiger partial charge in [0.25, 0.3) is 0 Å². The smallest absolute Gasteiger partial charge is 0.342 e. The first kappa shape index (κ1) is 13.9. The van der Waals surface area contributed by atoms with Crippen LogP contribution in [0.2, 0.25) is 0 Å². The number of nitrogens with one attached hydrogen (secondary N) is 1. The maximum atomic E-state index is 11.0. The van der Waals surface area contributed by atoms with Crippen LogP contribution in [0.1, 0.15) is 15.9 Å². The van der Waals surface area contributed by atoms with E-state index in [1.165, 1.54) is 11.6 Å². The number of rotatable bonds is 6. The summed E-state index contributed by atoms with van der Waals surface area (Å²) in [5.41, 5.74) is 0.284. The van der Waals surface area contributed by atoms with E-state index < -0.39 is 16.6 Å². The summed E-state index contributed by atoms with van der Waals surface area (Å²) < 4.78 is 0. The molecule has 2 aromatic rings. The van der Waals surface area contributed by atoms with Gasteiger partial charge in [0.15, 0.2) is 0 Å². The molecule has 0 aliphatic heterocycles. The highest BCUT2D eigenvalue weighted by molar-refractivity contribution is 7.07. The van der Waals surface area contributed by atoms with Crippen molar-refractivity contribution in [1.29, 1.82) is 0 Å². The number of nitro groups is 1. The maximum absolute atomic E-state index is 11.0. The van der Waals surface area contributed by atoms with Crippen LogP contribution in [-0.4, -0.2) is 27.5 Å². The number of hydrogen-bond donors (Lipinski definition) is 2. The molecule has 104 valence electrons. The first-order valence-electron chi connectivity index (χ1n) is 5.70. The van der Waals surface area contributed by atoms with Crippen LogP contribution >= 0.6 is 11.3 Å². The fourth-order valence-corrected chi connectivity index (χ4v) is 2.33. The highest BCUT2D eigenvalue weighted by atomic mass is 32.1. The Kier molecular flexibility index (Phi) is 4.26. The molecule has 2 N–H and O–H groups in total. The number of hydrogen-bond acceptors (Lipinski definition) is 6. The Morgan fingerprint density at radius 1 is 1.55 bits per heavy atom. The van der Waals surface area contributed by atoms with Gasteiger partial charge in [0.05, 0.1) is 4.92 Å². The molecule has 0 spiro atoms. The Balaban J connectivity index is 2.07. The van der Waals surface area contributed by atoms with E-state index in [1.54, 1.807) is 11.3 Å². The van der Waals surface area contributed by atoms with E-state index in [0.29, 0.717) is 12.4 Å². The van der Waals surface area contributed by atoms with Crippen molar-refractivity contribution in [3.8, 4) is 0 Å². The summed E-state index contributed by atoms with van der Waals surface area (Å²) >= 11 is 1.60. The number of aromatic nitrogens is 1. The lowest BCUT2D eigenvalue weighted by molar-refractivity contribution is -0.385. The molecule has 0 aromatic carbocycles. The zero-order chi connectivity index (χ0) is 14.5. The van der Waals surface area contributed by atoms with Crippen molar-refractivity contribution in [3.63, 3.8) is 0 Å². The van der Waals surface area contributed by atoms with Crippen LogP contribution in [0.4, 0.5) is 11.5 Å². The number of aromatic carboxylic acids is 1. The lowest BCUT2D eigenvalue weighted by atomic mass is 10.2. The van der Waals surface area contributed by atoms with Crippen LogP contribution < -0.4 is 5.32 Å². The molecular weight excluding hydrogens is 282 g/mol. The van der Waals surface area contributed by atoms with E-state index >= 15 is 0 Å². The topological polar surface area (TPSA) is 105 Å². The van der Waals surface area contributed by atoms with E-state index in [-0.39, 0.29) is 5.56 Å². The number of carbonyl (C=O) groups is 1. The summed E-state index contributed by atoms with van der Waals surface area (Å²) in [5.74, 6) is -1.04. The first-order valence-corrected chi connectivity index (χ1v) is 6.65. The molecule has 8 heteroatoms. The van der Waals surface area contributed by atoms with Gasteiger partial charge in [-0.25, -0.2) is 9.78 Å². The molecule has 0 fully saturated rings. The minimum absolute atomic E-state index is 0.309. The number of carboxylic acid groups (broad SMARTS) is 1. The van der Waals surface area contributed by atoms with E-state index in [4.69, 9.17) is 5.11 Å². The first-order chi connectivity index (χ1) is 9.58. The fourth-order valence-electron chi connectivity index (χ4n) is 1.63. The van der Waals surface area contributed by atoms with Crippen molar-refractivity contribution in [2.45, 2.75) is 6.42 Å². The summed E-state index contributed by atoms with van der Waals surface area (Å²) in [5, 5.41) is 26.6. The zero-order valence-corrected chi connectivity index (χ0v) is 11.1. The van der Waals surface area contributed by atoms with Gasteiger partial charge in [-0.15, -0.1) is 0 Å². The molecule has 20 heavy (non-hydrogen) atoms. The summed E-state index contributed by atoms with van der Waals surface area (Å²) in [4.78, 5) is 24.8. The van der Waals surface area contributed by atoms with Crippen LogP contribution in [0.15, 0.2) is 29.1 Å². The van der Waals surface area contributed by atoms with E-state index in [2.05, 4.69) is 10.3 Å². The number of carboxylic acids is 1. The Morgan fingerprint density at radius 3 is 2.95 bits per heavy atom. The lowest BCUT2D eigenvalue weighted by Gasteiger charge is -2.05. The molecule has 2 rings (SSSR count). The molecule has 2 aromatic heterocycles. The van der Waals surface area contributed by atoms with Crippen LogP contribution in [0, 0.1) is 10.1 Å². The highest BCUT2D eigenvalue weighted by Crippen LogP contribution is 2.20. The Morgan fingerprint density at radius 2 is 2.35 bits per heavy atom. The number of anilines is 1. The maximum Gasteiger partial charge on any atom is 0.342 e. The lowest BCUT2D eigenvalue weighted by Crippen LogP contribution is -2.09. The van der Waals surface area contributed by atoms with Gasteiger partial charge in [-0.3, -0.25) is 10.1 Å². The minimum atomic E-state index is -1.35. The molecule has 0 amide bonds. The molecule has 0 saturated carbocycles. The van der Waals surface area contributed by atoms with E-state index in [0.717, 1.165) is 12.6 Å². The number of thiophene rings is 1. The monoisotopic (exact) mass is 293 g/mol.